The van der Waals surface area contributed by atoms with Crippen molar-refractivity contribution in [1.29, 1.82) is 0 Å². The van der Waals surface area contributed by atoms with Crippen LogP contribution in [-0.4, -0.2) is 0 Å². The summed E-state index contributed by atoms with van der Waals surface area (Å²) in [4.78, 5) is 2.59. The van der Waals surface area contributed by atoms with Crippen LogP contribution in [-0.2, 0) is 10.8 Å². The number of fused-ring (bicyclic) bond motifs is 16. The van der Waals surface area contributed by atoms with Crippen molar-refractivity contribution in [2.45, 2.75) is 10.8 Å². The van der Waals surface area contributed by atoms with Gasteiger partial charge in [0, 0.05) is 16.5 Å². The predicted molar refractivity (Wildman–Crippen MR) is 313 cm³/mol. The molecule has 0 N–H and O–H groups in total. The number of rotatable bonds is 7. The fourth-order valence-corrected chi connectivity index (χ4v) is 14.0. The fraction of sp³-hybridized carbons (Fsp3) is 0.0270. The molecule has 0 bridgehead atoms. The molecule has 16 rings (SSSR count). The fourth-order valence-electron chi connectivity index (χ4n) is 14.0. The van der Waals surface area contributed by atoms with E-state index in [1.807, 2.05) is 0 Å². The number of para-hydroxylation sites is 1. The van der Waals surface area contributed by atoms with Crippen LogP contribution in [0.4, 0.5) is 17.1 Å². The normalized spacial score (nSPS) is 13.7. The Morgan fingerprint density at radius 1 is 0.250 bits per heavy atom. The molecule has 76 heavy (non-hydrogen) atoms. The first-order chi connectivity index (χ1) is 37.7. The Morgan fingerprint density at radius 2 is 0.618 bits per heavy atom. The van der Waals surface area contributed by atoms with Gasteiger partial charge in [-0.05, 0) is 119 Å². The molecular formula is C74H47NO. The Balaban J connectivity index is 1.01. The number of anilines is 3. The quantitative estimate of drug-likeness (QED) is 0.158. The molecule has 3 aliphatic carbocycles. The zero-order valence-electron chi connectivity index (χ0n) is 41.5. The third kappa shape index (κ3) is 5.76. The van der Waals surface area contributed by atoms with Gasteiger partial charge in [-0.1, -0.05) is 255 Å². The van der Waals surface area contributed by atoms with E-state index in [9.17, 15) is 0 Å². The van der Waals surface area contributed by atoms with E-state index in [0.29, 0.717) is 0 Å². The molecule has 354 valence electrons. The maximum absolute atomic E-state index is 6.77. The molecule has 0 saturated carbocycles. The Hall–Kier alpha value is -9.76. The summed E-state index contributed by atoms with van der Waals surface area (Å²) in [6.45, 7) is 0. The number of benzene rings is 12. The number of hydrogen-bond donors (Lipinski definition) is 0. The van der Waals surface area contributed by atoms with Crippen LogP contribution in [0.3, 0.4) is 0 Å². The van der Waals surface area contributed by atoms with Crippen molar-refractivity contribution in [3.8, 4) is 55.6 Å². The summed E-state index contributed by atoms with van der Waals surface area (Å²) in [7, 11) is 0. The van der Waals surface area contributed by atoms with Crippen molar-refractivity contribution in [1.82, 2.24) is 0 Å². The highest BCUT2D eigenvalue weighted by Gasteiger charge is 2.53. The number of hydrogen-bond acceptors (Lipinski definition) is 2. The first-order valence-corrected chi connectivity index (χ1v) is 26.4. The molecule has 12 aromatic carbocycles. The first kappa shape index (κ1) is 42.7. The van der Waals surface area contributed by atoms with Gasteiger partial charge in [0.25, 0.3) is 0 Å². The number of furan rings is 1. The van der Waals surface area contributed by atoms with E-state index in [1.165, 1.54) is 100 Å². The van der Waals surface area contributed by atoms with Crippen molar-refractivity contribution in [3.63, 3.8) is 0 Å². The topological polar surface area (TPSA) is 16.4 Å². The van der Waals surface area contributed by atoms with Gasteiger partial charge in [0.15, 0.2) is 0 Å². The summed E-state index contributed by atoms with van der Waals surface area (Å²) in [5.74, 6) is 0. The van der Waals surface area contributed by atoms with Crippen molar-refractivity contribution >= 4 is 39.0 Å². The molecule has 13 aromatic rings. The SMILES string of the molecule is c1ccc(-c2ccc(C3(c4ccc(-c5ccccc5)cc4)c4ccccc4-c4c(N(c5cccc6c5-c5ccccc5C65c6ccccc6-c6ccccc65)c5cccc6oc7ccccc7c56)cccc43)cc2)cc1. The summed E-state index contributed by atoms with van der Waals surface area (Å²) in [5.41, 5.74) is 26.2. The Labute approximate surface area is 442 Å². The van der Waals surface area contributed by atoms with Crippen LogP contribution in [0.5, 0.6) is 0 Å². The molecule has 0 amide bonds. The van der Waals surface area contributed by atoms with Gasteiger partial charge in [-0.2, -0.15) is 0 Å². The lowest BCUT2D eigenvalue weighted by molar-refractivity contribution is 0.669. The highest BCUT2D eigenvalue weighted by Crippen LogP contribution is 2.66. The summed E-state index contributed by atoms with van der Waals surface area (Å²) < 4.78 is 6.77. The van der Waals surface area contributed by atoms with Crippen LogP contribution in [0.2, 0.25) is 0 Å². The second-order valence-corrected chi connectivity index (χ2v) is 20.6. The molecule has 0 atom stereocenters. The lowest BCUT2D eigenvalue weighted by atomic mass is 9.67. The van der Waals surface area contributed by atoms with Crippen LogP contribution in [0.1, 0.15) is 44.5 Å². The summed E-state index contributed by atoms with van der Waals surface area (Å²) in [5, 5.41) is 2.16. The van der Waals surface area contributed by atoms with Crippen LogP contribution in [0.15, 0.2) is 290 Å². The average molecular weight is 966 g/mol. The van der Waals surface area contributed by atoms with Gasteiger partial charge < -0.3 is 9.32 Å². The molecule has 0 fully saturated rings. The largest absolute Gasteiger partial charge is 0.456 e. The highest BCUT2D eigenvalue weighted by atomic mass is 16.3. The third-order valence-corrected chi connectivity index (χ3v) is 17.0. The van der Waals surface area contributed by atoms with E-state index < -0.39 is 10.8 Å². The molecule has 0 saturated heterocycles. The molecule has 1 aromatic heterocycles. The van der Waals surface area contributed by atoms with Crippen molar-refractivity contribution in [2.75, 3.05) is 4.90 Å². The lowest BCUT2D eigenvalue weighted by Gasteiger charge is -2.35. The molecular weight excluding hydrogens is 919 g/mol. The van der Waals surface area contributed by atoms with E-state index in [4.69, 9.17) is 4.42 Å². The zero-order chi connectivity index (χ0) is 50.0. The second-order valence-electron chi connectivity index (χ2n) is 20.6. The average Bonchev–Trinajstić information content (AvgIpc) is 4.42. The first-order valence-electron chi connectivity index (χ1n) is 26.4. The molecule has 2 heteroatoms. The number of nitrogens with zero attached hydrogens (tertiary/aromatic N) is 1. The highest BCUT2D eigenvalue weighted by molar-refractivity contribution is 6.15. The Kier molecular flexibility index (Phi) is 9.20. The van der Waals surface area contributed by atoms with Gasteiger partial charge in [-0.3, -0.25) is 0 Å². The molecule has 1 spiro atoms. The van der Waals surface area contributed by atoms with Crippen molar-refractivity contribution in [2.24, 2.45) is 0 Å². The van der Waals surface area contributed by atoms with E-state index in [-0.39, 0.29) is 0 Å². The van der Waals surface area contributed by atoms with Crippen LogP contribution < -0.4 is 4.90 Å². The third-order valence-electron chi connectivity index (χ3n) is 17.0. The molecule has 1 heterocycles. The minimum Gasteiger partial charge on any atom is -0.456 e. The molecule has 2 nitrogen and oxygen atoms in total. The second kappa shape index (κ2) is 16.4. The van der Waals surface area contributed by atoms with Crippen molar-refractivity contribution < 1.29 is 4.42 Å². The van der Waals surface area contributed by atoms with Gasteiger partial charge in [0.05, 0.1) is 33.3 Å². The minimum absolute atomic E-state index is 0.520. The van der Waals surface area contributed by atoms with Crippen LogP contribution in [0.25, 0.3) is 77.6 Å². The Morgan fingerprint density at radius 3 is 1.16 bits per heavy atom. The Bertz CT molecular complexity index is 4320. The van der Waals surface area contributed by atoms with Gasteiger partial charge in [-0.25, -0.2) is 0 Å². The lowest BCUT2D eigenvalue weighted by Crippen LogP contribution is -2.28. The predicted octanol–water partition coefficient (Wildman–Crippen LogP) is 19.1. The monoisotopic (exact) mass is 965 g/mol. The molecule has 3 aliphatic rings. The van der Waals surface area contributed by atoms with Gasteiger partial charge in [-0.15, -0.1) is 0 Å². The smallest absolute Gasteiger partial charge is 0.137 e. The molecule has 0 radical (unpaired) electrons. The van der Waals surface area contributed by atoms with Gasteiger partial charge >= 0.3 is 0 Å². The van der Waals surface area contributed by atoms with E-state index in [1.54, 1.807) is 0 Å². The standard InChI is InChI=1S/C74H47NO/c1-3-20-48(21-4-1)50-40-44-52(45-41-50)73(53-46-42-51(43-47-53)49-22-5-2-6-23-49)61-31-14-9-26-56(61)70-63(73)33-17-35-65(70)75(67-37-19-39-69-72(67)58-28-11-16-38-68(58)76-69)66-36-18-34-64-71(66)57-27-10-15-32-62(57)74(64)59-29-12-7-24-54(59)55-25-8-13-30-60(55)74/h1-47H. The maximum atomic E-state index is 6.77. The summed E-state index contributed by atoms with van der Waals surface area (Å²) in [6.07, 6.45) is 0. The molecule has 0 aliphatic heterocycles. The van der Waals surface area contributed by atoms with E-state index in [2.05, 4.69) is 290 Å². The zero-order valence-corrected chi connectivity index (χ0v) is 41.5. The van der Waals surface area contributed by atoms with Crippen LogP contribution >= 0.6 is 0 Å². The van der Waals surface area contributed by atoms with E-state index >= 15 is 0 Å². The van der Waals surface area contributed by atoms with Gasteiger partial charge in [0.2, 0.25) is 0 Å². The summed E-state index contributed by atoms with van der Waals surface area (Å²) in [6, 6.07) is 106. The van der Waals surface area contributed by atoms with E-state index in [0.717, 1.165) is 39.0 Å². The van der Waals surface area contributed by atoms with Crippen LogP contribution in [0, 0.1) is 0 Å². The van der Waals surface area contributed by atoms with Gasteiger partial charge in [0.1, 0.15) is 11.2 Å². The maximum Gasteiger partial charge on any atom is 0.137 e. The minimum atomic E-state index is -0.682. The molecule has 0 unspecified atom stereocenters. The van der Waals surface area contributed by atoms with Crippen molar-refractivity contribution in [3.05, 3.63) is 330 Å². The summed E-state index contributed by atoms with van der Waals surface area (Å²) >= 11 is 0.